The minimum Gasteiger partial charge on any atom is -0.379 e. The van der Waals surface area contributed by atoms with E-state index in [0.29, 0.717) is 12.3 Å². The van der Waals surface area contributed by atoms with E-state index in [1.54, 1.807) is 0 Å². The van der Waals surface area contributed by atoms with Crippen LogP contribution in [0.5, 0.6) is 0 Å². The van der Waals surface area contributed by atoms with Crippen molar-refractivity contribution < 1.29 is 9.53 Å². The molecule has 1 aromatic carbocycles. The van der Waals surface area contributed by atoms with Crippen LogP contribution in [0, 0.1) is 6.92 Å². The summed E-state index contributed by atoms with van der Waals surface area (Å²) in [4.78, 5) is 25.4. The third kappa shape index (κ3) is 4.43. The zero-order valence-electron chi connectivity index (χ0n) is 18.8. The summed E-state index contributed by atoms with van der Waals surface area (Å²) in [5.74, 6) is 0.588. The predicted molar refractivity (Wildman–Crippen MR) is 127 cm³/mol. The number of ether oxygens (including phenoxy) is 1. The maximum absolute atomic E-state index is 13.0. The number of aromatic nitrogens is 2. The molecule has 0 radical (unpaired) electrons. The number of fused-ring (bicyclic) bond motifs is 1. The second-order valence-corrected chi connectivity index (χ2v) is 9.08. The van der Waals surface area contributed by atoms with Crippen molar-refractivity contribution in [2.24, 2.45) is 0 Å². The molecule has 0 aliphatic carbocycles. The molecule has 2 aliphatic heterocycles. The molecule has 0 spiro atoms. The topological polar surface area (TPSA) is 61.5 Å². The smallest absolute Gasteiger partial charge is 0.223 e. The Kier molecular flexibility index (Phi) is 6.23. The number of aryl methyl sites for hydroxylation is 1. The lowest BCUT2D eigenvalue weighted by Crippen LogP contribution is -2.42. The van der Waals surface area contributed by atoms with Gasteiger partial charge in [0, 0.05) is 79.6 Å². The molecular weight excluding hydrogens is 400 g/mol. The number of morpholine rings is 1. The van der Waals surface area contributed by atoms with Gasteiger partial charge in [0.25, 0.3) is 0 Å². The van der Waals surface area contributed by atoms with Crippen LogP contribution >= 0.6 is 0 Å². The number of H-pyrrole nitrogens is 1. The number of rotatable bonds is 5. The molecule has 0 bridgehead atoms. The van der Waals surface area contributed by atoms with Gasteiger partial charge >= 0.3 is 0 Å². The normalized spacial score (nSPS) is 20.0. The van der Waals surface area contributed by atoms with Crippen LogP contribution in [0.1, 0.15) is 36.4 Å². The monoisotopic (exact) mass is 432 g/mol. The van der Waals surface area contributed by atoms with Crippen LogP contribution in [0.3, 0.4) is 0 Å². The molecule has 1 amide bonds. The largest absolute Gasteiger partial charge is 0.379 e. The fraction of sp³-hybridized carbons (Fsp3) is 0.462. The highest BCUT2D eigenvalue weighted by molar-refractivity contribution is 5.98. The average molecular weight is 433 g/mol. The van der Waals surface area contributed by atoms with E-state index in [0.717, 1.165) is 64.3 Å². The van der Waals surface area contributed by atoms with E-state index in [2.05, 4.69) is 57.0 Å². The van der Waals surface area contributed by atoms with Crippen molar-refractivity contribution in [2.45, 2.75) is 32.1 Å². The first-order valence-corrected chi connectivity index (χ1v) is 11.8. The molecular formula is C26H32N4O2. The SMILES string of the molecule is Cc1ccc2[nH]c([C@H]3CCCN(C(=O)CCN4CCOCC4)C3)c(-c3ccncc3)c2c1. The highest BCUT2D eigenvalue weighted by atomic mass is 16.5. The van der Waals surface area contributed by atoms with Crippen LogP contribution in [0.15, 0.2) is 42.7 Å². The lowest BCUT2D eigenvalue weighted by atomic mass is 9.89. The number of nitrogens with one attached hydrogen (secondary N) is 1. The average Bonchev–Trinajstić information content (AvgIpc) is 3.22. The van der Waals surface area contributed by atoms with E-state index < -0.39 is 0 Å². The zero-order valence-corrected chi connectivity index (χ0v) is 18.8. The molecule has 6 heteroatoms. The third-order valence-electron chi connectivity index (χ3n) is 6.88. The molecule has 2 aliphatic rings. The number of carbonyl (C=O) groups is 1. The molecule has 2 fully saturated rings. The van der Waals surface area contributed by atoms with Crippen molar-refractivity contribution in [1.82, 2.24) is 19.8 Å². The molecule has 5 rings (SSSR count). The van der Waals surface area contributed by atoms with Gasteiger partial charge in [-0.1, -0.05) is 11.6 Å². The second-order valence-electron chi connectivity index (χ2n) is 9.08. The van der Waals surface area contributed by atoms with Gasteiger partial charge in [0.15, 0.2) is 0 Å². The minimum atomic E-state index is 0.276. The van der Waals surface area contributed by atoms with Crippen LogP contribution in [-0.4, -0.2) is 71.6 Å². The Morgan fingerprint density at radius 1 is 1.16 bits per heavy atom. The number of amides is 1. The second kappa shape index (κ2) is 9.43. The summed E-state index contributed by atoms with van der Waals surface area (Å²) in [6.07, 6.45) is 6.44. The van der Waals surface area contributed by atoms with E-state index >= 15 is 0 Å². The van der Waals surface area contributed by atoms with E-state index in [1.165, 1.54) is 27.8 Å². The summed E-state index contributed by atoms with van der Waals surface area (Å²) in [5.41, 5.74) is 6.11. The lowest BCUT2D eigenvalue weighted by Gasteiger charge is -2.34. The third-order valence-corrected chi connectivity index (χ3v) is 6.88. The number of likely N-dealkylation sites (tertiary alicyclic amines) is 1. The van der Waals surface area contributed by atoms with Crippen LogP contribution in [0.25, 0.3) is 22.0 Å². The van der Waals surface area contributed by atoms with E-state index in [1.807, 2.05) is 12.4 Å². The first-order chi connectivity index (χ1) is 15.7. The molecule has 32 heavy (non-hydrogen) atoms. The molecule has 0 saturated carbocycles. The van der Waals surface area contributed by atoms with Gasteiger partial charge in [-0.2, -0.15) is 0 Å². The summed E-state index contributed by atoms with van der Waals surface area (Å²) in [6.45, 7) is 8.03. The number of aromatic amines is 1. The number of piperidine rings is 1. The fourth-order valence-corrected chi connectivity index (χ4v) is 5.14. The van der Waals surface area contributed by atoms with Crippen molar-refractivity contribution in [3.05, 3.63) is 54.0 Å². The Morgan fingerprint density at radius 2 is 1.97 bits per heavy atom. The van der Waals surface area contributed by atoms with Gasteiger partial charge in [0.05, 0.1) is 13.2 Å². The molecule has 6 nitrogen and oxygen atoms in total. The maximum Gasteiger partial charge on any atom is 0.223 e. The van der Waals surface area contributed by atoms with Crippen molar-refractivity contribution in [3.63, 3.8) is 0 Å². The summed E-state index contributed by atoms with van der Waals surface area (Å²) in [6, 6.07) is 10.8. The van der Waals surface area contributed by atoms with Crippen molar-refractivity contribution >= 4 is 16.8 Å². The van der Waals surface area contributed by atoms with E-state index in [-0.39, 0.29) is 5.91 Å². The highest BCUT2D eigenvalue weighted by Crippen LogP contribution is 2.39. The van der Waals surface area contributed by atoms with Gasteiger partial charge in [-0.25, -0.2) is 0 Å². The van der Waals surface area contributed by atoms with Crippen LogP contribution < -0.4 is 0 Å². The Bertz CT molecular complexity index is 1070. The Labute approximate surface area is 189 Å². The van der Waals surface area contributed by atoms with Crippen LogP contribution in [-0.2, 0) is 9.53 Å². The van der Waals surface area contributed by atoms with Gasteiger partial charge in [-0.3, -0.25) is 14.7 Å². The van der Waals surface area contributed by atoms with Gasteiger partial charge in [0.2, 0.25) is 5.91 Å². The number of pyridine rings is 1. The van der Waals surface area contributed by atoms with Gasteiger partial charge in [-0.15, -0.1) is 0 Å². The Balaban J connectivity index is 1.38. The molecule has 2 aromatic heterocycles. The molecule has 0 unspecified atom stereocenters. The Morgan fingerprint density at radius 3 is 2.78 bits per heavy atom. The van der Waals surface area contributed by atoms with Crippen molar-refractivity contribution in [3.8, 4) is 11.1 Å². The maximum atomic E-state index is 13.0. The highest BCUT2D eigenvalue weighted by Gasteiger charge is 2.29. The van der Waals surface area contributed by atoms with Gasteiger partial charge in [0.1, 0.15) is 0 Å². The van der Waals surface area contributed by atoms with Crippen molar-refractivity contribution in [2.75, 3.05) is 45.9 Å². The number of benzene rings is 1. The van der Waals surface area contributed by atoms with Crippen LogP contribution in [0.2, 0.25) is 0 Å². The summed E-state index contributed by atoms with van der Waals surface area (Å²) in [5, 5.41) is 1.25. The molecule has 1 atom stereocenters. The number of carbonyl (C=O) groups excluding carboxylic acids is 1. The summed E-state index contributed by atoms with van der Waals surface area (Å²) < 4.78 is 5.42. The van der Waals surface area contributed by atoms with Crippen LogP contribution in [0.4, 0.5) is 0 Å². The number of nitrogens with zero attached hydrogens (tertiary/aromatic N) is 3. The Hall–Kier alpha value is -2.70. The first kappa shape index (κ1) is 21.2. The summed E-state index contributed by atoms with van der Waals surface area (Å²) in [7, 11) is 0. The zero-order chi connectivity index (χ0) is 21.9. The molecule has 168 valence electrons. The lowest BCUT2D eigenvalue weighted by molar-refractivity contribution is -0.133. The first-order valence-electron chi connectivity index (χ1n) is 11.8. The summed E-state index contributed by atoms with van der Waals surface area (Å²) >= 11 is 0. The van der Waals surface area contributed by atoms with Gasteiger partial charge in [-0.05, 0) is 49.6 Å². The molecule has 2 saturated heterocycles. The standard InChI is InChI=1S/C26H32N4O2/c1-19-4-5-23-22(17-19)25(20-6-9-27-10-7-20)26(28-23)21-3-2-11-30(18-21)24(31)8-12-29-13-15-32-16-14-29/h4-7,9-10,17,21,28H,2-3,8,11-16,18H2,1H3/t21-/m0/s1. The molecule has 3 aromatic rings. The predicted octanol–water partition coefficient (Wildman–Crippen LogP) is 3.97. The quantitative estimate of drug-likeness (QED) is 0.663. The van der Waals surface area contributed by atoms with Crippen molar-refractivity contribution in [1.29, 1.82) is 0 Å². The number of hydrogen-bond donors (Lipinski definition) is 1. The van der Waals surface area contributed by atoms with E-state index in [4.69, 9.17) is 4.74 Å². The molecule has 1 N–H and O–H groups in total. The van der Waals surface area contributed by atoms with Gasteiger partial charge < -0.3 is 14.6 Å². The fourth-order valence-electron chi connectivity index (χ4n) is 5.14. The minimum absolute atomic E-state index is 0.276. The molecule has 4 heterocycles. The number of hydrogen-bond acceptors (Lipinski definition) is 4. The van der Waals surface area contributed by atoms with E-state index in [9.17, 15) is 4.79 Å².